The molecule has 56 nitrogen and oxygen atoms in total. The van der Waals surface area contributed by atoms with Crippen LogP contribution in [0.5, 0.6) is 0 Å². The normalized spacial score (nSPS) is 5.69. The van der Waals surface area contributed by atoms with E-state index in [0.29, 0.717) is 0 Å². The van der Waals surface area contributed by atoms with Gasteiger partial charge in [0.2, 0.25) is 0 Å². The van der Waals surface area contributed by atoms with Gasteiger partial charge in [0.15, 0.2) is 0 Å². The summed E-state index contributed by atoms with van der Waals surface area (Å²) in [7, 11) is 0. The van der Waals surface area contributed by atoms with Crippen LogP contribution in [0, 0.1) is 142 Å². The minimum atomic E-state index is -1.50. The fourth-order valence-corrected chi connectivity index (χ4v) is 0. The number of hydrogen-bond donors (Lipinski definition) is 14. The van der Waals surface area contributed by atoms with E-state index < -0.39 is 71.2 Å². The minimum Gasteiger partial charge on any atom is -0.328 e. The van der Waals surface area contributed by atoms with Gasteiger partial charge < -0.3 is 72.9 Å². The molecule has 59 heteroatoms. The topological polar surface area (TPSA) is 887 Å². The zero-order valence-electron chi connectivity index (χ0n) is 26.1. The number of hydrogen-bond acceptors (Lipinski definition) is 28. The Kier molecular flexibility index (Phi) is 194. The molecule has 0 fully saturated rings. The van der Waals surface area contributed by atoms with Gasteiger partial charge in [0, 0.05) is 58.4 Å². The Morgan fingerprint density at radius 2 is 0.153 bits per heavy atom. The molecule has 0 rings (SSSR count). The Balaban J connectivity index is -0.0000000214. The molecule has 59 heavy (non-hydrogen) atoms. The molecule has 0 aliphatic heterocycles. The van der Waals surface area contributed by atoms with Gasteiger partial charge in [-0.05, 0) is 0 Å². The standard InChI is InChI=1S/14HNO3.3Zn/c14*2-1(3)4;;;/h14*(H,2,3,4);;;. The van der Waals surface area contributed by atoms with Crippen LogP contribution in [-0.2, 0) is 58.4 Å². The largest absolute Gasteiger partial charge is 0.328 e. The molecule has 0 amide bonds. The third-order valence-corrected chi connectivity index (χ3v) is 0. The maximum Gasteiger partial charge on any atom is 0.291 e. The first kappa shape index (κ1) is 110. The second-order valence-electron chi connectivity index (χ2n) is 3.33. The van der Waals surface area contributed by atoms with E-state index in [1.165, 1.54) is 0 Å². The minimum absolute atomic E-state index is 0. The Bertz CT molecular complexity index is 705. The summed E-state index contributed by atoms with van der Waals surface area (Å²) in [6.07, 6.45) is 0. The van der Waals surface area contributed by atoms with E-state index in [4.69, 9.17) is 215 Å². The van der Waals surface area contributed by atoms with Crippen LogP contribution < -0.4 is 0 Å². The molecule has 0 atom stereocenters. The molecule has 0 aromatic rings. The summed E-state index contributed by atoms with van der Waals surface area (Å²) >= 11 is 0. The van der Waals surface area contributed by atoms with Gasteiger partial charge >= 0.3 is 0 Å². The third-order valence-electron chi connectivity index (χ3n) is 0. The van der Waals surface area contributed by atoms with Gasteiger partial charge in [0.1, 0.15) is 0 Å². The van der Waals surface area contributed by atoms with Crippen molar-refractivity contribution < 1.29 is 203 Å². The summed E-state index contributed by atoms with van der Waals surface area (Å²) in [6, 6.07) is 0. The maximum atomic E-state index is 8.36. The van der Waals surface area contributed by atoms with E-state index in [-0.39, 0.29) is 58.4 Å². The van der Waals surface area contributed by atoms with Gasteiger partial charge in [0.05, 0.1) is 0 Å². The smallest absolute Gasteiger partial charge is 0.291 e. The van der Waals surface area contributed by atoms with Crippen LogP contribution in [0.1, 0.15) is 0 Å². The molecule has 14 N–H and O–H groups in total. The Morgan fingerprint density at radius 1 is 0.153 bits per heavy atom. The molecule has 0 aliphatic carbocycles. The number of rotatable bonds is 0. The number of nitrogens with zero attached hydrogens (tertiary/aromatic N) is 14. The molecule has 0 heterocycles. The van der Waals surface area contributed by atoms with E-state index >= 15 is 0 Å². The second-order valence-corrected chi connectivity index (χ2v) is 3.33. The van der Waals surface area contributed by atoms with Crippen LogP contribution in [0.2, 0.25) is 0 Å². The monoisotopic (exact) mass is 1070 g/mol. The predicted octanol–water partition coefficient (Wildman–Crippen LogP) is -4.88. The average molecular weight is 1080 g/mol. The molecular formula is H14N14O42Zn3. The molecule has 0 unspecified atom stereocenters. The Labute approximate surface area is 344 Å². The first-order valence-corrected chi connectivity index (χ1v) is 7.91. The summed E-state index contributed by atoms with van der Waals surface area (Å²) in [6.45, 7) is 0. The summed E-state index contributed by atoms with van der Waals surface area (Å²) < 4.78 is 0. The SMILES string of the molecule is O=[N+]([O-])O.O=[N+]([O-])O.O=[N+]([O-])O.O=[N+]([O-])O.O=[N+]([O-])O.O=[N+]([O-])O.O=[N+]([O-])O.O=[N+]([O-])O.O=[N+]([O-])O.O=[N+]([O-])O.O=[N+]([O-])O.O=[N+]([O-])O.O=[N+]([O-])O.O=[N+]([O-])O.[Zn].[Zn].[Zn]. The quantitative estimate of drug-likeness (QED) is 0.0614. The van der Waals surface area contributed by atoms with Crippen molar-refractivity contribution in [3.63, 3.8) is 0 Å². The average Bonchev–Trinajstić information content (AvgIpc) is 2.73. The first-order chi connectivity index (χ1) is 24.2. The molecule has 0 saturated carbocycles. The molecule has 0 aromatic heterocycles. The summed E-state index contributed by atoms with van der Waals surface area (Å²) in [5.41, 5.74) is 0. The fraction of sp³-hybridized carbons (Fsp3) is 0. The molecule has 0 saturated heterocycles. The molecule has 0 aromatic carbocycles. The molecule has 342 valence electrons. The van der Waals surface area contributed by atoms with Crippen molar-refractivity contribution >= 4 is 0 Å². The van der Waals surface area contributed by atoms with Crippen molar-refractivity contribution in [1.82, 2.24) is 0 Å². The second kappa shape index (κ2) is 104. The van der Waals surface area contributed by atoms with E-state index in [2.05, 4.69) is 0 Å². The van der Waals surface area contributed by atoms with E-state index in [9.17, 15) is 0 Å². The van der Waals surface area contributed by atoms with E-state index in [1.807, 2.05) is 0 Å². The summed E-state index contributed by atoms with van der Waals surface area (Å²) in [5.74, 6) is 0. The Hall–Kier alpha value is -9.33. The van der Waals surface area contributed by atoms with Gasteiger partial charge in [-0.3, -0.25) is 0 Å². The molecular weight excluding hydrogens is 1060 g/mol. The third kappa shape index (κ3) is 1220. The van der Waals surface area contributed by atoms with Gasteiger partial charge in [-0.1, -0.05) is 0 Å². The van der Waals surface area contributed by atoms with Crippen LogP contribution in [0.25, 0.3) is 0 Å². The van der Waals surface area contributed by atoms with Crippen LogP contribution in [0.3, 0.4) is 0 Å². The van der Waals surface area contributed by atoms with Gasteiger partial charge in [-0.25, -0.2) is 0 Å². The summed E-state index contributed by atoms with van der Waals surface area (Å²) in [4.78, 5) is 117. The van der Waals surface area contributed by atoms with Crippen LogP contribution in [0.15, 0.2) is 0 Å². The van der Waals surface area contributed by atoms with Gasteiger partial charge in [0.25, 0.3) is 71.2 Å². The van der Waals surface area contributed by atoms with Gasteiger partial charge in [-0.15, -0.1) is 142 Å². The van der Waals surface area contributed by atoms with Gasteiger partial charge in [-0.2, -0.15) is 0 Å². The zero-order valence-corrected chi connectivity index (χ0v) is 35.0. The molecule has 0 radical (unpaired) electrons. The van der Waals surface area contributed by atoms with Crippen molar-refractivity contribution in [2.24, 2.45) is 0 Å². The van der Waals surface area contributed by atoms with Crippen molar-refractivity contribution in [2.45, 2.75) is 0 Å². The Morgan fingerprint density at radius 3 is 0.153 bits per heavy atom. The zero-order chi connectivity index (χ0) is 50.1. The van der Waals surface area contributed by atoms with Crippen LogP contribution >= 0.6 is 0 Å². The van der Waals surface area contributed by atoms with Crippen molar-refractivity contribution in [3.8, 4) is 0 Å². The summed E-state index contributed by atoms with van der Waals surface area (Å²) in [5, 5.41) is 191. The molecule has 0 aliphatic rings. The first-order valence-electron chi connectivity index (χ1n) is 7.91. The van der Waals surface area contributed by atoms with Crippen molar-refractivity contribution in [1.29, 1.82) is 0 Å². The fourth-order valence-electron chi connectivity index (χ4n) is 0. The molecule has 0 spiro atoms. The maximum absolute atomic E-state index is 8.36. The van der Waals surface area contributed by atoms with Crippen molar-refractivity contribution in [2.75, 3.05) is 0 Å². The van der Waals surface area contributed by atoms with E-state index in [0.717, 1.165) is 0 Å². The predicted molar refractivity (Wildman–Crippen MR) is 123 cm³/mol. The van der Waals surface area contributed by atoms with Crippen LogP contribution in [0.4, 0.5) is 0 Å². The van der Waals surface area contributed by atoms with Crippen LogP contribution in [-0.4, -0.2) is 144 Å². The van der Waals surface area contributed by atoms with Crippen molar-refractivity contribution in [3.05, 3.63) is 142 Å². The van der Waals surface area contributed by atoms with E-state index in [1.54, 1.807) is 0 Å². The molecule has 0 bridgehead atoms.